The molecule has 3 rings (SSSR count). The van der Waals surface area contributed by atoms with E-state index in [9.17, 15) is 9.59 Å². The Morgan fingerprint density at radius 3 is 2.32 bits per heavy atom. The van der Waals surface area contributed by atoms with E-state index in [0.29, 0.717) is 13.1 Å². The fourth-order valence-corrected chi connectivity index (χ4v) is 2.81. The molecule has 0 saturated carbocycles. The lowest BCUT2D eigenvalue weighted by Crippen LogP contribution is -2.48. The monoisotopic (exact) mass is 343 g/mol. The summed E-state index contributed by atoms with van der Waals surface area (Å²) in [5, 5.41) is 2.53. The molecule has 1 N–H and O–H groups in total. The minimum atomic E-state index is -0.235. The Morgan fingerprint density at radius 1 is 1.04 bits per heavy atom. The van der Waals surface area contributed by atoms with Gasteiger partial charge in [0.05, 0.1) is 7.11 Å². The molecule has 7 nitrogen and oxygen atoms in total. The van der Waals surface area contributed by atoms with E-state index >= 15 is 0 Å². The van der Waals surface area contributed by atoms with Gasteiger partial charge in [0, 0.05) is 44.9 Å². The van der Waals surface area contributed by atoms with E-state index in [1.807, 2.05) is 24.3 Å². The topological polar surface area (TPSA) is 75.0 Å². The summed E-state index contributed by atoms with van der Waals surface area (Å²) in [5.74, 6) is 0.951. The summed E-state index contributed by atoms with van der Waals surface area (Å²) >= 11 is 0. The number of ether oxygens (including phenoxy) is 1. The number of methoxy groups -OCH3 is 1. The van der Waals surface area contributed by atoms with Gasteiger partial charge < -0.3 is 19.0 Å². The predicted molar refractivity (Wildman–Crippen MR) is 94.1 cm³/mol. The maximum absolute atomic E-state index is 12.5. The lowest BCUT2D eigenvalue weighted by atomic mass is 10.2. The minimum absolute atomic E-state index is 0.161. The fraction of sp³-hybridized carbons (Fsp3) is 0.333. The molecule has 0 bridgehead atoms. The molecule has 1 aliphatic rings. The van der Waals surface area contributed by atoms with Crippen molar-refractivity contribution in [2.24, 2.45) is 0 Å². The molecule has 7 heteroatoms. The van der Waals surface area contributed by atoms with Gasteiger partial charge in [-0.05, 0) is 30.3 Å². The lowest BCUT2D eigenvalue weighted by Gasteiger charge is -2.35. The highest BCUT2D eigenvalue weighted by atomic mass is 16.5. The summed E-state index contributed by atoms with van der Waals surface area (Å²) in [4.78, 5) is 27.5. The van der Waals surface area contributed by atoms with Crippen molar-refractivity contribution in [2.45, 2.75) is 6.92 Å². The van der Waals surface area contributed by atoms with Crippen LogP contribution in [0.25, 0.3) is 0 Å². The molecule has 0 atom stereocenters. The quantitative estimate of drug-likeness (QED) is 0.921. The Bertz CT molecular complexity index is 746. The van der Waals surface area contributed by atoms with E-state index in [1.54, 1.807) is 24.1 Å². The standard InChI is InChI=1S/C18H21N3O4/c1-13(22)19-17-8-7-16(25-17)18(23)21-11-9-20(10-12-21)14-3-5-15(24-2)6-4-14/h3-8H,9-12H2,1-2H3,(H,19,22). The van der Waals surface area contributed by atoms with Crippen molar-refractivity contribution in [3.63, 3.8) is 0 Å². The summed E-state index contributed by atoms with van der Waals surface area (Å²) in [7, 11) is 1.64. The number of anilines is 2. The Morgan fingerprint density at radius 2 is 1.72 bits per heavy atom. The molecule has 0 radical (unpaired) electrons. The largest absolute Gasteiger partial charge is 0.497 e. The maximum Gasteiger partial charge on any atom is 0.289 e. The molecule has 2 aromatic rings. The lowest BCUT2D eigenvalue weighted by molar-refractivity contribution is -0.114. The van der Waals surface area contributed by atoms with E-state index in [0.717, 1.165) is 24.5 Å². The van der Waals surface area contributed by atoms with Crippen molar-refractivity contribution in [1.29, 1.82) is 0 Å². The molecule has 1 aromatic carbocycles. The highest BCUT2D eigenvalue weighted by molar-refractivity contribution is 5.93. The van der Waals surface area contributed by atoms with Crippen molar-refractivity contribution in [1.82, 2.24) is 4.90 Å². The van der Waals surface area contributed by atoms with Crippen LogP contribution in [-0.4, -0.2) is 50.0 Å². The van der Waals surface area contributed by atoms with Crippen molar-refractivity contribution in [2.75, 3.05) is 43.5 Å². The van der Waals surface area contributed by atoms with E-state index in [-0.39, 0.29) is 23.5 Å². The molecule has 2 heterocycles. The van der Waals surface area contributed by atoms with Crippen molar-refractivity contribution in [3.05, 3.63) is 42.2 Å². The minimum Gasteiger partial charge on any atom is -0.497 e. The van der Waals surface area contributed by atoms with E-state index in [1.165, 1.54) is 6.92 Å². The van der Waals surface area contributed by atoms with Crippen LogP contribution >= 0.6 is 0 Å². The number of nitrogens with one attached hydrogen (secondary N) is 1. The molecule has 132 valence electrons. The molecule has 1 saturated heterocycles. The van der Waals surface area contributed by atoms with E-state index in [2.05, 4.69) is 10.2 Å². The average Bonchev–Trinajstić information content (AvgIpc) is 3.09. The first kappa shape index (κ1) is 16.9. The predicted octanol–water partition coefficient (Wildman–Crippen LogP) is 2.21. The molecule has 1 aliphatic heterocycles. The first-order valence-corrected chi connectivity index (χ1v) is 8.12. The van der Waals surface area contributed by atoms with Gasteiger partial charge in [-0.3, -0.25) is 14.9 Å². The van der Waals surface area contributed by atoms with Crippen LogP contribution in [0.4, 0.5) is 11.6 Å². The van der Waals surface area contributed by atoms with E-state index < -0.39 is 0 Å². The molecule has 1 aromatic heterocycles. The summed E-state index contributed by atoms with van der Waals surface area (Å²) in [5.41, 5.74) is 1.11. The third kappa shape index (κ3) is 3.93. The number of amides is 2. The zero-order valence-corrected chi connectivity index (χ0v) is 14.3. The van der Waals surface area contributed by atoms with Crippen LogP contribution in [0.5, 0.6) is 5.75 Å². The van der Waals surface area contributed by atoms with Gasteiger partial charge in [-0.15, -0.1) is 0 Å². The Hall–Kier alpha value is -2.96. The van der Waals surface area contributed by atoms with Crippen LogP contribution in [-0.2, 0) is 4.79 Å². The molecule has 0 aliphatic carbocycles. The van der Waals surface area contributed by atoms with Crippen LogP contribution in [0.2, 0.25) is 0 Å². The van der Waals surface area contributed by atoms with Gasteiger partial charge >= 0.3 is 0 Å². The Labute approximate surface area is 146 Å². The van der Waals surface area contributed by atoms with Gasteiger partial charge in [0.1, 0.15) is 5.75 Å². The zero-order valence-electron chi connectivity index (χ0n) is 14.3. The molecule has 0 spiro atoms. The van der Waals surface area contributed by atoms with Gasteiger partial charge in [-0.2, -0.15) is 0 Å². The number of rotatable bonds is 4. The van der Waals surface area contributed by atoms with Crippen molar-refractivity contribution < 1.29 is 18.7 Å². The number of piperazine rings is 1. The maximum atomic E-state index is 12.5. The smallest absolute Gasteiger partial charge is 0.289 e. The zero-order chi connectivity index (χ0) is 17.8. The number of hydrogen-bond acceptors (Lipinski definition) is 5. The van der Waals surface area contributed by atoms with Gasteiger partial charge in [0.2, 0.25) is 5.91 Å². The first-order chi connectivity index (χ1) is 12.1. The summed E-state index contributed by atoms with van der Waals surface area (Å²) in [6.07, 6.45) is 0. The molecule has 0 unspecified atom stereocenters. The normalized spacial score (nSPS) is 14.3. The molecule has 25 heavy (non-hydrogen) atoms. The van der Waals surface area contributed by atoms with Crippen LogP contribution in [0, 0.1) is 0 Å². The second-order valence-electron chi connectivity index (χ2n) is 5.82. The highest BCUT2D eigenvalue weighted by Crippen LogP contribution is 2.21. The highest BCUT2D eigenvalue weighted by Gasteiger charge is 2.24. The number of carbonyl (C=O) groups is 2. The van der Waals surface area contributed by atoms with Gasteiger partial charge in [0.15, 0.2) is 11.6 Å². The van der Waals surface area contributed by atoms with Crippen LogP contribution in [0.15, 0.2) is 40.8 Å². The van der Waals surface area contributed by atoms with Gasteiger partial charge in [-0.25, -0.2) is 0 Å². The summed E-state index contributed by atoms with van der Waals surface area (Å²) in [6.45, 7) is 4.11. The Kier molecular flexibility index (Phi) is 4.92. The fourth-order valence-electron chi connectivity index (χ4n) is 2.81. The van der Waals surface area contributed by atoms with Crippen LogP contribution < -0.4 is 15.0 Å². The molecule has 2 amide bonds. The van der Waals surface area contributed by atoms with Crippen LogP contribution in [0.3, 0.4) is 0 Å². The number of carbonyl (C=O) groups excluding carboxylic acids is 2. The second kappa shape index (κ2) is 7.29. The number of hydrogen-bond donors (Lipinski definition) is 1. The second-order valence-corrected chi connectivity index (χ2v) is 5.82. The Balaban J connectivity index is 1.58. The summed E-state index contributed by atoms with van der Waals surface area (Å²) < 4.78 is 10.6. The van der Waals surface area contributed by atoms with Crippen molar-refractivity contribution in [3.8, 4) is 5.75 Å². The molecular weight excluding hydrogens is 322 g/mol. The molecule has 1 fully saturated rings. The van der Waals surface area contributed by atoms with Crippen LogP contribution in [0.1, 0.15) is 17.5 Å². The first-order valence-electron chi connectivity index (χ1n) is 8.12. The average molecular weight is 343 g/mol. The third-order valence-electron chi connectivity index (χ3n) is 4.12. The number of benzene rings is 1. The third-order valence-corrected chi connectivity index (χ3v) is 4.12. The van der Waals surface area contributed by atoms with Gasteiger partial charge in [-0.1, -0.05) is 0 Å². The molecular formula is C18H21N3O4. The number of nitrogens with zero attached hydrogens (tertiary/aromatic N) is 2. The number of furan rings is 1. The van der Waals surface area contributed by atoms with Crippen molar-refractivity contribution >= 4 is 23.4 Å². The summed E-state index contributed by atoms with van der Waals surface area (Å²) in [6, 6.07) is 11.1. The van der Waals surface area contributed by atoms with Gasteiger partial charge in [0.25, 0.3) is 5.91 Å². The van der Waals surface area contributed by atoms with E-state index in [4.69, 9.17) is 9.15 Å². The SMILES string of the molecule is COc1ccc(N2CCN(C(=O)c3ccc(NC(C)=O)o3)CC2)cc1.